The summed E-state index contributed by atoms with van der Waals surface area (Å²) in [5.74, 6) is 0.416. The summed E-state index contributed by atoms with van der Waals surface area (Å²) >= 11 is 11.5. The molecule has 1 amide bonds. The van der Waals surface area contributed by atoms with Crippen molar-refractivity contribution in [3.05, 3.63) is 61.1 Å². The zero-order valence-electron chi connectivity index (χ0n) is 17.7. The maximum atomic E-state index is 12.7. The third-order valence-corrected chi connectivity index (χ3v) is 7.79. The number of aryl methyl sites for hydroxylation is 3. The molecular weight excluding hydrogens is 496 g/mol. The fourth-order valence-corrected chi connectivity index (χ4v) is 5.52. The van der Waals surface area contributed by atoms with Gasteiger partial charge in [-0.2, -0.15) is 5.10 Å². The van der Waals surface area contributed by atoms with E-state index < -0.39 is 0 Å². The van der Waals surface area contributed by atoms with Gasteiger partial charge in [-0.15, -0.1) is 11.3 Å². The molecule has 0 bridgehead atoms. The number of hydrogen-bond donors (Lipinski definition) is 0. The number of aromatic nitrogens is 3. The van der Waals surface area contributed by atoms with E-state index in [1.807, 2.05) is 24.0 Å². The summed E-state index contributed by atoms with van der Waals surface area (Å²) in [5.41, 5.74) is 3.82. The number of piperidine rings is 1. The number of nitrogens with zero attached hydrogens (tertiary/aromatic N) is 4. The third kappa shape index (κ3) is 4.78. The van der Waals surface area contributed by atoms with Gasteiger partial charge in [0.05, 0.1) is 16.4 Å². The number of benzene rings is 1. The highest BCUT2D eigenvalue weighted by Crippen LogP contribution is 2.36. The highest BCUT2D eigenvalue weighted by Gasteiger charge is 2.26. The van der Waals surface area contributed by atoms with Gasteiger partial charge in [-0.1, -0.05) is 39.7 Å². The Morgan fingerprint density at radius 1 is 1.23 bits per heavy atom. The Morgan fingerprint density at radius 2 is 1.90 bits per heavy atom. The van der Waals surface area contributed by atoms with E-state index in [0.717, 1.165) is 52.9 Å². The van der Waals surface area contributed by atoms with Crippen molar-refractivity contribution in [2.45, 2.75) is 32.6 Å². The topological polar surface area (TPSA) is 51.0 Å². The van der Waals surface area contributed by atoms with Gasteiger partial charge in [0.1, 0.15) is 5.15 Å². The van der Waals surface area contributed by atoms with Crippen LogP contribution in [0, 0.1) is 13.8 Å². The van der Waals surface area contributed by atoms with E-state index in [1.54, 1.807) is 35.2 Å². The molecule has 0 aliphatic carbocycles. The van der Waals surface area contributed by atoms with Crippen LogP contribution in [0.3, 0.4) is 0 Å². The largest absolute Gasteiger partial charge is 0.339 e. The Kier molecular flexibility index (Phi) is 6.65. The van der Waals surface area contributed by atoms with Gasteiger partial charge in [0, 0.05) is 52.6 Å². The normalized spacial score (nSPS) is 15.2. The van der Waals surface area contributed by atoms with Crippen molar-refractivity contribution in [2.24, 2.45) is 7.05 Å². The Labute approximate surface area is 199 Å². The smallest absolute Gasteiger partial charge is 0.246 e. The Balaban J connectivity index is 1.39. The van der Waals surface area contributed by atoms with Crippen LogP contribution in [0.15, 0.2) is 34.8 Å². The molecule has 1 saturated heterocycles. The number of hydrogen-bond acceptors (Lipinski definition) is 4. The molecule has 8 heteroatoms. The average molecular weight is 520 g/mol. The number of likely N-dealkylation sites (tertiary alicyclic amines) is 1. The molecule has 0 atom stereocenters. The van der Waals surface area contributed by atoms with Gasteiger partial charge >= 0.3 is 0 Å². The van der Waals surface area contributed by atoms with Crippen molar-refractivity contribution in [3.63, 3.8) is 0 Å². The highest BCUT2D eigenvalue weighted by atomic mass is 79.9. The summed E-state index contributed by atoms with van der Waals surface area (Å²) < 4.78 is 2.68. The van der Waals surface area contributed by atoms with E-state index in [0.29, 0.717) is 11.1 Å². The van der Waals surface area contributed by atoms with Crippen molar-refractivity contribution < 1.29 is 4.79 Å². The Morgan fingerprint density at radius 3 is 2.52 bits per heavy atom. The summed E-state index contributed by atoms with van der Waals surface area (Å²) in [6.45, 7) is 5.49. The molecule has 1 aliphatic heterocycles. The lowest BCUT2D eigenvalue weighted by Crippen LogP contribution is -2.36. The first-order valence-electron chi connectivity index (χ1n) is 10.2. The zero-order chi connectivity index (χ0) is 22.1. The van der Waals surface area contributed by atoms with Gasteiger partial charge < -0.3 is 4.90 Å². The van der Waals surface area contributed by atoms with Crippen LogP contribution >= 0.6 is 38.9 Å². The van der Waals surface area contributed by atoms with Gasteiger partial charge in [0.15, 0.2) is 0 Å². The number of carbonyl (C=O) groups is 1. The molecule has 1 aromatic carbocycles. The molecule has 3 heterocycles. The van der Waals surface area contributed by atoms with Crippen molar-refractivity contribution in [1.82, 2.24) is 19.7 Å². The van der Waals surface area contributed by atoms with Crippen LogP contribution in [0.4, 0.5) is 0 Å². The second-order valence-corrected chi connectivity index (χ2v) is 10.3. The van der Waals surface area contributed by atoms with Gasteiger partial charge in [-0.05, 0) is 44.9 Å². The maximum absolute atomic E-state index is 12.7. The van der Waals surface area contributed by atoms with E-state index in [1.165, 1.54) is 9.88 Å². The van der Waals surface area contributed by atoms with Gasteiger partial charge in [-0.25, -0.2) is 4.98 Å². The first-order chi connectivity index (χ1) is 14.8. The molecule has 0 unspecified atom stereocenters. The SMILES string of the molecule is Cc1nn(C)c(Cl)c1/C=C/C(=O)N1CCC(c2nc(-c3ccc(Br)cc3)c(C)s2)CC1. The molecular formula is C23H24BrClN4OS. The number of rotatable bonds is 4. The first-order valence-corrected chi connectivity index (χ1v) is 12.2. The lowest BCUT2D eigenvalue weighted by atomic mass is 9.97. The summed E-state index contributed by atoms with van der Waals surface area (Å²) in [7, 11) is 1.79. The van der Waals surface area contributed by atoms with Crippen LogP contribution in [0.1, 0.15) is 39.9 Å². The minimum absolute atomic E-state index is 0.0173. The quantitative estimate of drug-likeness (QED) is 0.398. The second kappa shape index (κ2) is 9.27. The number of amides is 1. The van der Waals surface area contributed by atoms with Crippen LogP contribution < -0.4 is 0 Å². The van der Waals surface area contributed by atoms with Crippen molar-refractivity contribution in [1.29, 1.82) is 0 Å². The number of carbonyl (C=O) groups excluding carboxylic acids is 1. The summed E-state index contributed by atoms with van der Waals surface area (Å²) in [5, 5.41) is 6.00. The van der Waals surface area contributed by atoms with Crippen LogP contribution in [0.5, 0.6) is 0 Å². The molecule has 0 radical (unpaired) electrons. The van der Waals surface area contributed by atoms with Crippen LogP contribution in [-0.2, 0) is 11.8 Å². The molecule has 162 valence electrons. The number of thiazole rings is 1. The highest BCUT2D eigenvalue weighted by molar-refractivity contribution is 9.10. The Bertz CT molecular complexity index is 1130. The first kappa shape index (κ1) is 22.2. The van der Waals surface area contributed by atoms with E-state index in [4.69, 9.17) is 16.6 Å². The van der Waals surface area contributed by atoms with Crippen molar-refractivity contribution >= 4 is 50.9 Å². The van der Waals surface area contributed by atoms with E-state index in [2.05, 4.69) is 40.1 Å². The molecule has 31 heavy (non-hydrogen) atoms. The average Bonchev–Trinajstić information content (AvgIpc) is 3.26. The maximum Gasteiger partial charge on any atom is 0.246 e. The molecule has 3 aromatic rings. The van der Waals surface area contributed by atoms with Gasteiger partial charge in [0.2, 0.25) is 5.91 Å². The number of halogens is 2. The van der Waals surface area contributed by atoms with Gasteiger partial charge in [-0.3, -0.25) is 9.48 Å². The molecule has 1 fully saturated rings. The van der Waals surface area contributed by atoms with E-state index in [-0.39, 0.29) is 5.91 Å². The molecule has 0 spiro atoms. The molecule has 4 rings (SSSR count). The van der Waals surface area contributed by atoms with Crippen molar-refractivity contribution in [2.75, 3.05) is 13.1 Å². The van der Waals surface area contributed by atoms with Gasteiger partial charge in [0.25, 0.3) is 0 Å². The fraction of sp³-hybridized carbons (Fsp3) is 0.348. The predicted octanol–water partition coefficient (Wildman–Crippen LogP) is 6.00. The predicted molar refractivity (Wildman–Crippen MR) is 131 cm³/mol. The lowest BCUT2D eigenvalue weighted by molar-refractivity contribution is -0.126. The van der Waals surface area contributed by atoms with E-state index in [9.17, 15) is 4.79 Å². The lowest BCUT2D eigenvalue weighted by Gasteiger charge is -2.30. The monoisotopic (exact) mass is 518 g/mol. The summed E-state index contributed by atoms with van der Waals surface area (Å²) in [6.07, 6.45) is 5.24. The molecule has 1 aliphatic rings. The second-order valence-electron chi connectivity index (χ2n) is 7.81. The molecule has 2 aromatic heterocycles. The standard InChI is InChI=1S/C23H24BrClN4OS/c1-14-19(22(25)28(3)27-14)8-9-20(30)29-12-10-17(11-13-29)23-26-21(15(2)31-23)16-4-6-18(24)7-5-16/h4-9,17H,10-13H2,1-3H3/b9-8+. The van der Waals surface area contributed by atoms with Crippen LogP contribution in [0.25, 0.3) is 17.3 Å². The van der Waals surface area contributed by atoms with Crippen LogP contribution in [0.2, 0.25) is 5.15 Å². The summed E-state index contributed by atoms with van der Waals surface area (Å²) in [4.78, 5) is 20.8. The Hall–Kier alpha value is -1.96. The van der Waals surface area contributed by atoms with Crippen LogP contribution in [-0.4, -0.2) is 38.7 Å². The molecule has 5 nitrogen and oxygen atoms in total. The molecule has 0 N–H and O–H groups in total. The van der Waals surface area contributed by atoms with E-state index >= 15 is 0 Å². The van der Waals surface area contributed by atoms with Crippen molar-refractivity contribution in [3.8, 4) is 11.3 Å². The zero-order valence-corrected chi connectivity index (χ0v) is 20.9. The fourth-order valence-electron chi connectivity index (χ4n) is 3.91. The third-order valence-electron chi connectivity index (χ3n) is 5.68. The summed E-state index contributed by atoms with van der Waals surface area (Å²) in [6, 6.07) is 8.29. The molecule has 0 saturated carbocycles. The minimum Gasteiger partial charge on any atom is -0.339 e. The minimum atomic E-state index is 0.0173.